The minimum absolute atomic E-state index is 0.183. The molecule has 0 saturated carbocycles. The molecule has 3 aromatic rings. The molecule has 0 amide bonds. The van der Waals surface area contributed by atoms with Gasteiger partial charge in [-0.05, 0) is 55.7 Å². The first-order chi connectivity index (χ1) is 11.7. The minimum Gasteiger partial charge on any atom is -0.492 e. The lowest BCUT2D eigenvalue weighted by Crippen LogP contribution is -2.11. The number of ether oxygens (including phenoxy) is 1. The molecule has 0 saturated heterocycles. The smallest absolute Gasteiger partial charge is 0.119 e. The van der Waals surface area contributed by atoms with Crippen molar-refractivity contribution in [3.63, 3.8) is 0 Å². The van der Waals surface area contributed by atoms with E-state index in [9.17, 15) is 0 Å². The lowest BCUT2D eigenvalue weighted by molar-refractivity contribution is 0.283. The van der Waals surface area contributed by atoms with E-state index in [0.29, 0.717) is 6.61 Å². The second-order valence-electron chi connectivity index (χ2n) is 6.09. The summed E-state index contributed by atoms with van der Waals surface area (Å²) in [7, 11) is 0. The van der Waals surface area contributed by atoms with Gasteiger partial charge in [0.25, 0.3) is 0 Å². The predicted octanol–water partition coefficient (Wildman–Crippen LogP) is 3.66. The Hall–Kier alpha value is -2.33. The summed E-state index contributed by atoms with van der Waals surface area (Å²) in [4.78, 5) is 4.70. The van der Waals surface area contributed by atoms with Gasteiger partial charge in [-0.1, -0.05) is 18.2 Å². The number of fused-ring (bicyclic) bond motifs is 1. The van der Waals surface area contributed by atoms with Crippen molar-refractivity contribution in [2.45, 2.75) is 33.2 Å². The van der Waals surface area contributed by atoms with Crippen LogP contribution in [-0.2, 0) is 13.0 Å². The molecule has 24 heavy (non-hydrogen) atoms. The molecule has 3 rings (SSSR count). The number of hydrogen-bond donors (Lipinski definition) is 1. The Kier molecular flexibility index (Phi) is 5.16. The monoisotopic (exact) mass is 324 g/mol. The van der Waals surface area contributed by atoms with Gasteiger partial charge in [-0.2, -0.15) is 0 Å². The predicted molar refractivity (Wildman–Crippen MR) is 96.6 cm³/mol. The molecule has 2 aromatic carbocycles. The summed E-state index contributed by atoms with van der Waals surface area (Å²) in [6.07, 6.45) is 1.50. The summed E-state index contributed by atoms with van der Waals surface area (Å²) in [6, 6.07) is 14.3. The zero-order valence-corrected chi connectivity index (χ0v) is 14.3. The fourth-order valence-corrected chi connectivity index (χ4v) is 2.86. The number of nitrogens with zero attached hydrogens (tertiary/aromatic N) is 2. The molecule has 1 aromatic heterocycles. The Balaban J connectivity index is 1.74. The van der Waals surface area contributed by atoms with Crippen molar-refractivity contribution in [2.75, 3.05) is 13.2 Å². The van der Waals surface area contributed by atoms with Crippen LogP contribution < -0.4 is 4.74 Å². The number of aryl methyl sites for hydroxylation is 3. The zero-order chi connectivity index (χ0) is 16.9. The SMILES string of the molecule is Cc1ccc(OCCn2c(CCCO)nc3ccccc32)cc1C. The van der Waals surface area contributed by atoms with E-state index in [1.807, 2.05) is 24.3 Å². The molecule has 0 spiro atoms. The number of rotatable bonds is 7. The lowest BCUT2D eigenvalue weighted by atomic mass is 10.1. The van der Waals surface area contributed by atoms with Gasteiger partial charge in [0.05, 0.1) is 17.6 Å². The maximum atomic E-state index is 9.10. The summed E-state index contributed by atoms with van der Waals surface area (Å²) in [6.45, 7) is 5.72. The summed E-state index contributed by atoms with van der Waals surface area (Å²) >= 11 is 0. The first-order valence-corrected chi connectivity index (χ1v) is 8.44. The Morgan fingerprint density at radius 1 is 1.08 bits per heavy atom. The molecule has 4 nitrogen and oxygen atoms in total. The minimum atomic E-state index is 0.183. The van der Waals surface area contributed by atoms with Gasteiger partial charge in [0, 0.05) is 13.0 Å². The highest BCUT2D eigenvalue weighted by atomic mass is 16.5. The Bertz CT molecular complexity index is 824. The van der Waals surface area contributed by atoms with Crippen molar-refractivity contribution in [1.29, 1.82) is 0 Å². The molecule has 0 atom stereocenters. The standard InChI is InChI=1S/C20H24N2O2/c1-15-9-10-17(14-16(15)2)24-13-11-22-19-7-4-3-6-18(19)21-20(22)8-5-12-23/h3-4,6-7,9-10,14,23H,5,8,11-13H2,1-2H3. The average Bonchev–Trinajstić information content (AvgIpc) is 2.94. The number of para-hydroxylation sites is 2. The number of aliphatic hydroxyl groups excluding tert-OH is 1. The maximum Gasteiger partial charge on any atom is 0.119 e. The van der Waals surface area contributed by atoms with Crippen LogP contribution in [-0.4, -0.2) is 27.9 Å². The number of hydrogen-bond acceptors (Lipinski definition) is 3. The van der Waals surface area contributed by atoms with E-state index in [4.69, 9.17) is 14.8 Å². The number of aromatic nitrogens is 2. The molecular formula is C20H24N2O2. The molecule has 1 N–H and O–H groups in total. The van der Waals surface area contributed by atoms with Crippen LogP contribution in [0.3, 0.4) is 0 Å². The molecule has 0 radical (unpaired) electrons. The molecule has 0 fully saturated rings. The quantitative estimate of drug-likeness (QED) is 0.721. The Morgan fingerprint density at radius 2 is 1.92 bits per heavy atom. The number of benzene rings is 2. The molecule has 1 heterocycles. The number of aliphatic hydroxyl groups is 1. The zero-order valence-electron chi connectivity index (χ0n) is 14.3. The molecule has 0 aliphatic rings. The van der Waals surface area contributed by atoms with Crippen molar-refractivity contribution in [3.05, 3.63) is 59.4 Å². The van der Waals surface area contributed by atoms with Crippen LogP contribution >= 0.6 is 0 Å². The fraction of sp³-hybridized carbons (Fsp3) is 0.350. The first kappa shape index (κ1) is 16.5. The highest BCUT2D eigenvalue weighted by molar-refractivity contribution is 5.75. The first-order valence-electron chi connectivity index (χ1n) is 8.44. The molecule has 126 valence electrons. The summed E-state index contributed by atoms with van der Waals surface area (Å²) in [5.41, 5.74) is 4.63. The second kappa shape index (κ2) is 7.49. The molecule has 4 heteroatoms. The van der Waals surface area contributed by atoms with Crippen LogP contribution in [0.2, 0.25) is 0 Å². The third kappa shape index (κ3) is 3.60. The Labute approximate surface area is 142 Å². The van der Waals surface area contributed by atoms with E-state index in [0.717, 1.165) is 42.0 Å². The topological polar surface area (TPSA) is 47.3 Å². The average molecular weight is 324 g/mol. The van der Waals surface area contributed by atoms with Gasteiger partial charge in [-0.3, -0.25) is 0 Å². The van der Waals surface area contributed by atoms with Crippen molar-refractivity contribution in [1.82, 2.24) is 9.55 Å². The van der Waals surface area contributed by atoms with Crippen molar-refractivity contribution < 1.29 is 9.84 Å². The van der Waals surface area contributed by atoms with E-state index in [1.54, 1.807) is 0 Å². The van der Waals surface area contributed by atoms with Crippen LogP contribution in [0, 0.1) is 13.8 Å². The summed E-state index contributed by atoms with van der Waals surface area (Å²) in [5.74, 6) is 1.91. The maximum absolute atomic E-state index is 9.10. The van der Waals surface area contributed by atoms with E-state index in [2.05, 4.69) is 36.6 Å². The molecule has 0 bridgehead atoms. The van der Waals surface area contributed by atoms with Crippen LogP contribution in [0.4, 0.5) is 0 Å². The van der Waals surface area contributed by atoms with Gasteiger partial charge in [0.2, 0.25) is 0 Å². The second-order valence-corrected chi connectivity index (χ2v) is 6.09. The fourth-order valence-electron chi connectivity index (χ4n) is 2.86. The third-order valence-electron chi connectivity index (χ3n) is 4.35. The molecule has 0 aliphatic heterocycles. The van der Waals surface area contributed by atoms with E-state index in [1.165, 1.54) is 11.1 Å². The highest BCUT2D eigenvalue weighted by Gasteiger charge is 2.10. The van der Waals surface area contributed by atoms with Gasteiger partial charge < -0.3 is 14.4 Å². The van der Waals surface area contributed by atoms with Crippen molar-refractivity contribution in [3.8, 4) is 5.75 Å². The van der Waals surface area contributed by atoms with Crippen molar-refractivity contribution in [2.24, 2.45) is 0 Å². The van der Waals surface area contributed by atoms with E-state index >= 15 is 0 Å². The number of imidazole rings is 1. The van der Waals surface area contributed by atoms with E-state index in [-0.39, 0.29) is 6.61 Å². The van der Waals surface area contributed by atoms with Crippen LogP contribution in [0.25, 0.3) is 11.0 Å². The summed E-state index contributed by atoms with van der Waals surface area (Å²) < 4.78 is 8.13. The highest BCUT2D eigenvalue weighted by Crippen LogP contribution is 2.19. The van der Waals surface area contributed by atoms with Crippen LogP contribution in [0.1, 0.15) is 23.4 Å². The Morgan fingerprint density at radius 3 is 2.71 bits per heavy atom. The van der Waals surface area contributed by atoms with Crippen molar-refractivity contribution >= 4 is 11.0 Å². The summed E-state index contributed by atoms with van der Waals surface area (Å²) in [5, 5.41) is 9.10. The lowest BCUT2D eigenvalue weighted by Gasteiger charge is -2.11. The molecular weight excluding hydrogens is 300 g/mol. The molecule has 0 aliphatic carbocycles. The van der Waals surface area contributed by atoms with Gasteiger partial charge in [-0.25, -0.2) is 4.98 Å². The van der Waals surface area contributed by atoms with Crippen LogP contribution in [0.5, 0.6) is 5.75 Å². The van der Waals surface area contributed by atoms with Gasteiger partial charge >= 0.3 is 0 Å². The molecule has 0 unspecified atom stereocenters. The van der Waals surface area contributed by atoms with Gasteiger partial charge in [0.1, 0.15) is 18.2 Å². The largest absolute Gasteiger partial charge is 0.492 e. The normalized spacial score (nSPS) is 11.1. The van der Waals surface area contributed by atoms with Crippen LogP contribution in [0.15, 0.2) is 42.5 Å². The van der Waals surface area contributed by atoms with Gasteiger partial charge in [-0.15, -0.1) is 0 Å². The van der Waals surface area contributed by atoms with Gasteiger partial charge in [0.15, 0.2) is 0 Å². The third-order valence-corrected chi connectivity index (χ3v) is 4.35. The van der Waals surface area contributed by atoms with E-state index < -0.39 is 0 Å².